The lowest BCUT2D eigenvalue weighted by Gasteiger charge is -2.24. The number of carbonyl (C=O) groups is 2. The van der Waals surface area contributed by atoms with E-state index in [0.29, 0.717) is 22.3 Å². The number of esters is 2. The first-order chi connectivity index (χ1) is 15.0. The Morgan fingerprint density at radius 3 is 1.52 bits per heavy atom. The van der Waals surface area contributed by atoms with E-state index in [2.05, 4.69) is 23.7 Å². The minimum Gasteiger partial charge on any atom is -0.468 e. The molecule has 31 heavy (non-hydrogen) atoms. The molecule has 0 amide bonds. The third-order valence-corrected chi connectivity index (χ3v) is 4.75. The number of methoxy groups -OCH3 is 2. The van der Waals surface area contributed by atoms with Gasteiger partial charge in [0, 0.05) is 24.0 Å². The van der Waals surface area contributed by atoms with Gasteiger partial charge in [-0.3, -0.25) is 9.59 Å². The van der Waals surface area contributed by atoms with Crippen LogP contribution in [-0.2, 0) is 32.3 Å². The molecule has 0 saturated carbocycles. The number of rotatable bonds is 6. The van der Waals surface area contributed by atoms with Gasteiger partial charge in [-0.05, 0) is 23.3 Å². The van der Waals surface area contributed by atoms with Crippen molar-refractivity contribution in [2.75, 3.05) is 14.2 Å². The van der Waals surface area contributed by atoms with Crippen LogP contribution in [0.5, 0.6) is 0 Å². The molecule has 2 rings (SSSR count). The Bertz CT molecular complexity index is 963. The molecule has 0 radical (unpaired) electrons. The lowest BCUT2D eigenvalue weighted by atomic mass is 9.81. The highest BCUT2D eigenvalue weighted by Gasteiger charge is 2.47. The van der Waals surface area contributed by atoms with E-state index in [1.54, 1.807) is 48.5 Å². The first-order valence-corrected chi connectivity index (χ1v) is 9.54. The van der Waals surface area contributed by atoms with E-state index < -0.39 is 17.4 Å². The lowest BCUT2D eigenvalue weighted by molar-refractivity contribution is -0.168. The highest BCUT2D eigenvalue weighted by atomic mass is 16.5. The Morgan fingerprint density at radius 2 is 1.16 bits per heavy atom. The van der Waals surface area contributed by atoms with Crippen LogP contribution in [0.1, 0.15) is 35.1 Å². The summed E-state index contributed by atoms with van der Waals surface area (Å²) in [6, 6.07) is 14.1. The Balaban J connectivity index is 2.41. The second kappa shape index (κ2) is 11.6. The zero-order chi connectivity index (χ0) is 22.7. The molecule has 2 aromatic rings. The van der Waals surface area contributed by atoms with Crippen LogP contribution in [0.15, 0.2) is 48.5 Å². The van der Waals surface area contributed by atoms with Gasteiger partial charge in [0.25, 0.3) is 0 Å². The number of ether oxygens (including phenoxy) is 2. The number of carbonyl (C=O) groups excluding carboxylic acids is 2. The molecule has 0 unspecified atom stereocenters. The van der Waals surface area contributed by atoms with E-state index in [-0.39, 0.29) is 26.1 Å². The van der Waals surface area contributed by atoms with Gasteiger partial charge in [0.05, 0.1) is 27.4 Å². The van der Waals surface area contributed by atoms with Crippen LogP contribution in [0.3, 0.4) is 0 Å². The van der Waals surface area contributed by atoms with Crippen LogP contribution in [0.2, 0.25) is 0 Å². The van der Waals surface area contributed by atoms with E-state index in [0.717, 1.165) is 0 Å². The lowest BCUT2D eigenvalue weighted by Crippen LogP contribution is -2.40. The Labute approximate surface area is 181 Å². The molecule has 0 heterocycles. The Hall–Kier alpha value is -3.58. The summed E-state index contributed by atoms with van der Waals surface area (Å²) in [5, 5.41) is 18.9. The van der Waals surface area contributed by atoms with Crippen molar-refractivity contribution < 1.29 is 29.3 Å². The van der Waals surface area contributed by atoms with E-state index in [4.69, 9.17) is 9.47 Å². The molecule has 0 fully saturated rings. The monoisotopic (exact) mass is 420 g/mol. The third kappa shape index (κ3) is 5.73. The van der Waals surface area contributed by atoms with Crippen LogP contribution in [-0.4, -0.2) is 36.4 Å². The summed E-state index contributed by atoms with van der Waals surface area (Å²) < 4.78 is 9.76. The summed E-state index contributed by atoms with van der Waals surface area (Å²) in [5.41, 5.74) is 0.730. The second-order valence-corrected chi connectivity index (χ2v) is 6.65. The van der Waals surface area contributed by atoms with Crippen molar-refractivity contribution in [3.05, 3.63) is 70.8 Å². The second-order valence-electron chi connectivity index (χ2n) is 6.65. The molecular weight excluding hydrogens is 396 g/mol. The standard InChI is InChI=1S/C25H24O6/c1-30-23(28)25(24(29)31-2,15-7-13-19-9-3-5-11-21(19)17-26)16-8-14-20-10-4-6-12-22(20)18-27/h3-6,9-12,26-27H,15-18H2,1-2H3. The minimum absolute atomic E-state index is 0.178. The SMILES string of the molecule is COC(=O)C(CC#Cc1ccccc1CO)(CC#Cc1ccccc1CO)C(=O)OC. The van der Waals surface area contributed by atoms with Gasteiger partial charge in [-0.2, -0.15) is 0 Å². The molecule has 2 N–H and O–H groups in total. The molecule has 160 valence electrons. The molecule has 0 bridgehead atoms. The van der Waals surface area contributed by atoms with Crippen molar-refractivity contribution in [3.63, 3.8) is 0 Å². The van der Waals surface area contributed by atoms with E-state index >= 15 is 0 Å². The van der Waals surface area contributed by atoms with Gasteiger partial charge >= 0.3 is 11.9 Å². The summed E-state index contributed by atoms with van der Waals surface area (Å²) in [4.78, 5) is 25.3. The molecule has 6 heteroatoms. The summed E-state index contributed by atoms with van der Waals surface area (Å²) in [7, 11) is 2.37. The summed E-state index contributed by atoms with van der Waals surface area (Å²) in [6.07, 6.45) is -0.356. The molecule has 0 aliphatic heterocycles. The van der Waals surface area contributed by atoms with Gasteiger partial charge in [-0.15, -0.1) is 0 Å². The van der Waals surface area contributed by atoms with Gasteiger partial charge in [0.1, 0.15) is 0 Å². The molecular formula is C25H24O6. The number of aliphatic hydroxyl groups is 2. The minimum atomic E-state index is -1.73. The number of hydrogen-bond donors (Lipinski definition) is 2. The van der Waals surface area contributed by atoms with Crippen LogP contribution >= 0.6 is 0 Å². The van der Waals surface area contributed by atoms with Gasteiger partial charge in [0.15, 0.2) is 5.41 Å². The van der Waals surface area contributed by atoms with Gasteiger partial charge in [0.2, 0.25) is 0 Å². The van der Waals surface area contributed by atoms with Gasteiger partial charge in [-0.1, -0.05) is 60.1 Å². The number of aliphatic hydroxyl groups excluding tert-OH is 2. The predicted molar refractivity (Wildman–Crippen MR) is 114 cm³/mol. The van der Waals surface area contributed by atoms with Crippen molar-refractivity contribution in [2.45, 2.75) is 26.1 Å². The van der Waals surface area contributed by atoms with Crippen molar-refractivity contribution in [2.24, 2.45) is 5.41 Å². The number of benzene rings is 2. The maximum absolute atomic E-state index is 12.6. The average molecular weight is 420 g/mol. The maximum atomic E-state index is 12.6. The molecule has 0 spiro atoms. The Morgan fingerprint density at radius 1 is 0.774 bits per heavy atom. The Kier molecular flexibility index (Phi) is 8.84. The van der Waals surface area contributed by atoms with Gasteiger partial charge in [-0.25, -0.2) is 0 Å². The van der Waals surface area contributed by atoms with Crippen molar-refractivity contribution >= 4 is 11.9 Å². The summed E-state index contributed by atoms with van der Waals surface area (Å²) >= 11 is 0. The molecule has 0 saturated heterocycles. The van der Waals surface area contributed by atoms with Crippen LogP contribution < -0.4 is 0 Å². The largest absolute Gasteiger partial charge is 0.468 e. The average Bonchev–Trinajstić information content (AvgIpc) is 2.82. The predicted octanol–water partition coefficient (Wildman–Crippen LogP) is 2.19. The quantitative estimate of drug-likeness (QED) is 0.423. The first-order valence-electron chi connectivity index (χ1n) is 9.54. The fraction of sp³-hybridized carbons (Fsp3) is 0.280. The molecule has 0 aromatic heterocycles. The number of hydrogen-bond acceptors (Lipinski definition) is 6. The highest BCUT2D eigenvalue weighted by molar-refractivity contribution is 6.00. The fourth-order valence-corrected chi connectivity index (χ4v) is 2.97. The third-order valence-electron chi connectivity index (χ3n) is 4.75. The van der Waals surface area contributed by atoms with Crippen LogP contribution in [0, 0.1) is 29.1 Å². The van der Waals surface area contributed by atoms with Crippen molar-refractivity contribution in [3.8, 4) is 23.7 Å². The zero-order valence-electron chi connectivity index (χ0n) is 17.5. The molecule has 2 aromatic carbocycles. The summed E-state index contributed by atoms with van der Waals surface area (Å²) in [6.45, 7) is -0.362. The molecule has 0 atom stereocenters. The topological polar surface area (TPSA) is 93.1 Å². The summed E-state index contributed by atoms with van der Waals surface area (Å²) in [5.74, 6) is 9.90. The van der Waals surface area contributed by atoms with E-state index in [1.165, 1.54) is 14.2 Å². The first kappa shape index (κ1) is 23.7. The maximum Gasteiger partial charge on any atom is 0.325 e. The van der Waals surface area contributed by atoms with E-state index in [9.17, 15) is 19.8 Å². The smallest absolute Gasteiger partial charge is 0.325 e. The molecule has 0 aliphatic carbocycles. The van der Waals surface area contributed by atoms with E-state index in [1.807, 2.05) is 0 Å². The molecule has 6 nitrogen and oxygen atoms in total. The van der Waals surface area contributed by atoms with Crippen LogP contribution in [0.25, 0.3) is 0 Å². The highest BCUT2D eigenvalue weighted by Crippen LogP contribution is 2.30. The fourth-order valence-electron chi connectivity index (χ4n) is 2.97. The van der Waals surface area contributed by atoms with Crippen molar-refractivity contribution in [1.82, 2.24) is 0 Å². The van der Waals surface area contributed by atoms with Crippen molar-refractivity contribution in [1.29, 1.82) is 0 Å². The van der Waals surface area contributed by atoms with Gasteiger partial charge < -0.3 is 19.7 Å². The normalized spacial score (nSPS) is 10.2. The van der Waals surface area contributed by atoms with Crippen LogP contribution in [0.4, 0.5) is 0 Å². The molecule has 0 aliphatic rings. The zero-order valence-corrected chi connectivity index (χ0v) is 17.5.